The number of ketones is 1. The predicted molar refractivity (Wildman–Crippen MR) is 125 cm³/mol. The Balaban J connectivity index is 1.43. The normalized spacial score (nSPS) is 14.7. The van der Waals surface area contributed by atoms with E-state index in [0.29, 0.717) is 29.4 Å². The highest BCUT2D eigenvalue weighted by Crippen LogP contribution is 2.35. The van der Waals surface area contributed by atoms with Crippen molar-refractivity contribution in [3.63, 3.8) is 0 Å². The van der Waals surface area contributed by atoms with Crippen molar-refractivity contribution in [1.82, 2.24) is 0 Å². The summed E-state index contributed by atoms with van der Waals surface area (Å²) in [5.74, 6) is 1.43. The number of Topliss-reactive ketones (excluding diaryl/α,β-unsaturated/α-hetero) is 1. The Bertz CT molecular complexity index is 1130. The molecule has 3 aromatic carbocycles. The van der Waals surface area contributed by atoms with E-state index < -0.39 is 0 Å². The highest BCUT2D eigenvalue weighted by Gasteiger charge is 2.27. The van der Waals surface area contributed by atoms with Gasteiger partial charge in [0.1, 0.15) is 18.1 Å². The molecule has 3 nitrogen and oxygen atoms in total. The number of benzene rings is 3. The van der Waals surface area contributed by atoms with E-state index in [4.69, 9.17) is 9.47 Å². The van der Waals surface area contributed by atoms with Gasteiger partial charge in [0.15, 0.2) is 5.76 Å². The van der Waals surface area contributed by atoms with Gasteiger partial charge in [-0.05, 0) is 46.4 Å². The van der Waals surface area contributed by atoms with Gasteiger partial charge in [0.2, 0.25) is 5.78 Å². The van der Waals surface area contributed by atoms with Gasteiger partial charge in [-0.15, -0.1) is 0 Å². The number of carbonyl (C=O) groups excluding carboxylic acids is 1. The van der Waals surface area contributed by atoms with Crippen LogP contribution in [0, 0.1) is 0 Å². The molecule has 0 aromatic heterocycles. The number of rotatable bonds is 5. The lowest BCUT2D eigenvalue weighted by Crippen LogP contribution is -2.10. The molecule has 0 amide bonds. The van der Waals surface area contributed by atoms with Gasteiger partial charge in [0, 0.05) is 6.07 Å². The largest absolute Gasteiger partial charge is 0.489 e. The van der Waals surface area contributed by atoms with Gasteiger partial charge >= 0.3 is 0 Å². The molecule has 4 rings (SSSR count). The van der Waals surface area contributed by atoms with Crippen molar-refractivity contribution < 1.29 is 14.3 Å². The van der Waals surface area contributed by atoms with E-state index >= 15 is 0 Å². The highest BCUT2D eigenvalue weighted by atomic mass is 16.5. The SMILES string of the molecule is CC(C)(C)c1ccc(/C=C2\Oc3cc(OC/C=C/c4ccccc4)ccc3C2=O)cc1. The lowest BCUT2D eigenvalue weighted by Gasteiger charge is -2.18. The minimum atomic E-state index is -0.106. The lowest BCUT2D eigenvalue weighted by molar-refractivity contribution is 0.101. The van der Waals surface area contributed by atoms with Crippen molar-refractivity contribution in [2.45, 2.75) is 26.2 Å². The smallest absolute Gasteiger partial charge is 0.231 e. The molecule has 3 heteroatoms. The maximum Gasteiger partial charge on any atom is 0.231 e. The highest BCUT2D eigenvalue weighted by molar-refractivity contribution is 6.14. The van der Waals surface area contributed by atoms with E-state index in [2.05, 4.69) is 32.9 Å². The van der Waals surface area contributed by atoms with Crippen LogP contribution in [0.2, 0.25) is 0 Å². The van der Waals surface area contributed by atoms with Crippen LogP contribution < -0.4 is 9.47 Å². The maximum absolute atomic E-state index is 12.7. The van der Waals surface area contributed by atoms with E-state index in [1.165, 1.54) is 5.56 Å². The minimum Gasteiger partial charge on any atom is -0.489 e. The van der Waals surface area contributed by atoms with Crippen LogP contribution in [-0.2, 0) is 5.41 Å². The summed E-state index contributed by atoms with van der Waals surface area (Å²) in [7, 11) is 0. The summed E-state index contributed by atoms with van der Waals surface area (Å²) in [6, 6.07) is 23.6. The number of allylic oxidation sites excluding steroid dienone is 1. The fourth-order valence-corrected chi connectivity index (χ4v) is 3.38. The van der Waals surface area contributed by atoms with Gasteiger partial charge < -0.3 is 9.47 Å². The van der Waals surface area contributed by atoms with Crippen LogP contribution in [0.1, 0.15) is 47.8 Å². The molecule has 156 valence electrons. The standard InChI is InChI=1S/C28H26O3/c1-28(2,3)22-13-11-21(12-14-22)18-26-27(29)24-16-15-23(19-25(24)31-26)30-17-7-10-20-8-5-4-6-9-20/h4-16,18-19H,17H2,1-3H3/b10-7+,26-18-. The van der Waals surface area contributed by atoms with Crippen molar-refractivity contribution in [1.29, 1.82) is 0 Å². The molecule has 1 aliphatic heterocycles. The van der Waals surface area contributed by atoms with Crippen LogP contribution >= 0.6 is 0 Å². The van der Waals surface area contributed by atoms with Gasteiger partial charge in [0.25, 0.3) is 0 Å². The molecule has 0 saturated heterocycles. The summed E-state index contributed by atoms with van der Waals surface area (Å²) < 4.78 is 11.6. The first-order valence-electron chi connectivity index (χ1n) is 10.4. The summed E-state index contributed by atoms with van der Waals surface area (Å²) >= 11 is 0. The molecule has 0 unspecified atom stereocenters. The zero-order valence-corrected chi connectivity index (χ0v) is 18.1. The topological polar surface area (TPSA) is 35.5 Å². The molecule has 0 atom stereocenters. The fourth-order valence-electron chi connectivity index (χ4n) is 3.38. The van der Waals surface area contributed by atoms with Crippen molar-refractivity contribution in [3.8, 4) is 11.5 Å². The number of hydrogen-bond acceptors (Lipinski definition) is 3. The number of hydrogen-bond donors (Lipinski definition) is 0. The van der Waals surface area contributed by atoms with Gasteiger partial charge in [-0.1, -0.05) is 81.4 Å². The van der Waals surface area contributed by atoms with Crippen LogP contribution in [0.15, 0.2) is 84.6 Å². The first-order chi connectivity index (χ1) is 14.9. The molecule has 0 radical (unpaired) electrons. The second-order valence-corrected chi connectivity index (χ2v) is 8.59. The van der Waals surface area contributed by atoms with E-state index in [-0.39, 0.29) is 11.2 Å². The molecule has 0 aliphatic carbocycles. The summed E-state index contributed by atoms with van der Waals surface area (Å²) in [5.41, 5.74) is 3.96. The van der Waals surface area contributed by atoms with Crippen LogP contribution in [0.25, 0.3) is 12.2 Å². The maximum atomic E-state index is 12.7. The third-order valence-electron chi connectivity index (χ3n) is 5.17. The molecular formula is C28H26O3. The summed E-state index contributed by atoms with van der Waals surface area (Å²) in [4.78, 5) is 12.7. The fraction of sp³-hybridized carbons (Fsp3) is 0.179. The van der Waals surface area contributed by atoms with Crippen molar-refractivity contribution in [3.05, 3.63) is 107 Å². The monoisotopic (exact) mass is 410 g/mol. The molecule has 0 bridgehead atoms. The van der Waals surface area contributed by atoms with Crippen LogP contribution in [0.5, 0.6) is 11.5 Å². The van der Waals surface area contributed by atoms with E-state index in [1.807, 2.05) is 54.6 Å². The Morgan fingerprint density at radius 2 is 1.65 bits per heavy atom. The van der Waals surface area contributed by atoms with Crippen LogP contribution in [-0.4, -0.2) is 12.4 Å². The Morgan fingerprint density at radius 3 is 2.35 bits per heavy atom. The molecule has 0 spiro atoms. The Hall–Kier alpha value is -3.59. The Morgan fingerprint density at radius 1 is 0.903 bits per heavy atom. The molecule has 3 aromatic rings. The molecule has 31 heavy (non-hydrogen) atoms. The number of fused-ring (bicyclic) bond motifs is 1. The molecule has 1 aliphatic rings. The average Bonchev–Trinajstić information content (AvgIpc) is 3.06. The number of carbonyl (C=O) groups is 1. The van der Waals surface area contributed by atoms with Crippen molar-refractivity contribution in [2.75, 3.05) is 6.61 Å². The summed E-state index contributed by atoms with van der Waals surface area (Å²) in [5, 5.41) is 0. The third kappa shape index (κ3) is 4.95. The first kappa shape index (κ1) is 20.7. The van der Waals surface area contributed by atoms with E-state index in [1.54, 1.807) is 24.3 Å². The summed E-state index contributed by atoms with van der Waals surface area (Å²) in [6.07, 6.45) is 5.76. The molecule has 0 N–H and O–H groups in total. The minimum absolute atomic E-state index is 0.0915. The molecule has 0 fully saturated rings. The van der Waals surface area contributed by atoms with Crippen LogP contribution in [0.3, 0.4) is 0 Å². The Kier molecular flexibility index (Phi) is 5.77. The molecule has 1 heterocycles. The van der Waals surface area contributed by atoms with Gasteiger partial charge in [0.05, 0.1) is 5.56 Å². The van der Waals surface area contributed by atoms with Gasteiger partial charge in [-0.25, -0.2) is 0 Å². The molecule has 0 saturated carbocycles. The lowest BCUT2D eigenvalue weighted by atomic mass is 9.86. The second-order valence-electron chi connectivity index (χ2n) is 8.59. The average molecular weight is 411 g/mol. The summed E-state index contributed by atoms with van der Waals surface area (Å²) in [6.45, 7) is 6.97. The zero-order valence-electron chi connectivity index (χ0n) is 18.1. The van der Waals surface area contributed by atoms with Crippen LogP contribution in [0.4, 0.5) is 0 Å². The van der Waals surface area contributed by atoms with Crippen molar-refractivity contribution in [2.24, 2.45) is 0 Å². The van der Waals surface area contributed by atoms with Crippen molar-refractivity contribution >= 4 is 17.9 Å². The second kappa shape index (κ2) is 8.65. The number of ether oxygens (including phenoxy) is 2. The first-order valence-corrected chi connectivity index (χ1v) is 10.4. The molecular weight excluding hydrogens is 384 g/mol. The van der Waals surface area contributed by atoms with E-state index in [0.717, 1.165) is 11.1 Å². The van der Waals surface area contributed by atoms with Gasteiger partial charge in [-0.2, -0.15) is 0 Å². The predicted octanol–water partition coefficient (Wildman–Crippen LogP) is 6.69. The Labute approximate surface area is 183 Å². The zero-order chi connectivity index (χ0) is 21.8. The van der Waals surface area contributed by atoms with Gasteiger partial charge in [-0.3, -0.25) is 4.79 Å². The third-order valence-corrected chi connectivity index (χ3v) is 5.17. The van der Waals surface area contributed by atoms with E-state index in [9.17, 15) is 4.79 Å². The quantitative estimate of drug-likeness (QED) is 0.440.